The molecule has 3 amide bonds. The van der Waals surface area contributed by atoms with Crippen molar-refractivity contribution < 1.29 is 19.5 Å². The van der Waals surface area contributed by atoms with Crippen molar-refractivity contribution in [3.8, 4) is 0 Å². The summed E-state index contributed by atoms with van der Waals surface area (Å²) in [6, 6.07) is 3.52. The van der Waals surface area contributed by atoms with Gasteiger partial charge in [0.15, 0.2) is 0 Å². The molecule has 7 nitrogen and oxygen atoms in total. The molecule has 138 valence electrons. The second-order valence-corrected chi connectivity index (χ2v) is 7.32. The van der Waals surface area contributed by atoms with Gasteiger partial charge in [-0.25, -0.2) is 4.79 Å². The number of halogens is 1. The number of hydrogen-bond donors (Lipinski definition) is 4. The number of rotatable bonds is 5. The quantitative estimate of drug-likeness (QED) is 0.639. The summed E-state index contributed by atoms with van der Waals surface area (Å²) < 4.78 is 0. The van der Waals surface area contributed by atoms with Crippen LogP contribution in [0.25, 0.3) is 0 Å². The average molecular weight is 370 g/mol. The van der Waals surface area contributed by atoms with Gasteiger partial charge in [-0.1, -0.05) is 11.6 Å². The largest absolute Gasteiger partial charge is 0.481 e. The number of hydrogen-bond acceptors (Lipinski definition) is 3. The van der Waals surface area contributed by atoms with Crippen molar-refractivity contribution in [2.75, 3.05) is 5.32 Å². The summed E-state index contributed by atoms with van der Waals surface area (Å²) in [4.78, 5) is 35.3. The van der Waals surface area contributed by atoms with Crippen LogP contribution >= 0.6 is 11.6 Å². The van der Waals surface area contributed by atoms with Crippen molar-refractivity contribution in [1.82, 2.24) is 10.6 Å². The van der Waals surface area contributed by atoms with Gasteiger partial charge in [0.2, 0.25) is 0 Å². The van der Waals surface area contributed by atoms with E-state index in [1.165, 1.54) is 19.1 Å². The lowest BCUT2D eigenvalue weighted by atomic mass is 10.0. The first-order chi connectivity index (χ1) is 11.4. The van der Waals surface area contributed by atoms with E-state index in [1.807, 2.05) is 20.8 Å². The first-order valence-electron chi connectivity index (χ1n) is 7.83. The number of nitrogens with one attached hydrogen (secondary N) is 3. The molecule has 0 aromatic heterocycles. The first-order valence-corrected chi connectivity index (χ1v) is 8.21. The summed E-state index contributed by atoms with van der Waals surface area (Å²) >= 11 is 6.05. The third-order valence-electron chi connectivity index (χ3n) is 3.46. The fraction of sp³-hybridized carbons (Fsp3) is 0.471. The van der Waals surface area contributed by atoms with Crippen LogP contribution in [0.4, 0.5) is 10.5 Å². The fourth-order valence-electron chi connectivity index (χ4n) is 1.90. The van der Waals surface area contributed by atoms with Gasteiger partial charge >= 0.3 is 12.0 Å². The smallest absolute Gasteiger partial charge is 0.319 e. The molecule has 0 aliphatic rings. The standard InChI is InChI=1S/C17H24ClN3O4/c1-9(15(23)24)10(2)19-14(22)12-8-11(6-7-13(12)18)20-16(25)21-17(3,4)5/h6-10H,1-5H3,(H,19,22)(H,23,24)(H2,20,21,25). The zero-order chi connectivity index (χ0) is 19.4. The highest BCUT2D eigenvalue weighted by Crippen LogP contribution is 2.21. The molecule has 0 saturated heterocycles. The van der Waals surface area contributed by atoms with Gasteiger partial charge in [0, 0.05) is 17.3 Å². The average Bonchev–Trinajstić information content (AvgIpc) is 2.46. The summed E-state index contributed by atoms with van der Waals surface area (Å²) in [5.74, 6) is -2.26. The molecule has 0 fully saturated rings. The highest BCUT2D eigenvalue weighted by atomic mass is 35.5. The molecule has 1 aromatic rings. The van der Waals surface area contributed by atoms with Gasteiger partial charge in [0.05, 0.1) is 16.5 Å². The van der Waals surface area contributed by atoms with Crippen LogP contribution in [-0.2, 0) is 4.79 Å². The summed E-state index contributed by atoms with van der Waals surface area (Å²) in [7, 11) is 0. The van der Waals surface area contributed by atoms with Crippen molar-refractivity contribution in [2.24, 2.45) is 5.92 Å². The molecule has 25 heavy (non-hydrogen) atoms. The van der Waals surface area contributed by atoms with E-state index in [4.69, 9.17) is 16.7 Å². The van der Waals surface area contributed by atoms with Crippen LogP contribution in [0.5, 0.6) is 0 Å². The van der Waals surface area contributed by atoms with Crippen molar-refractivity contribution in [3.63, 3.8) is 0 Å². The molecule has 0 aliphatic carbocycles. The number of anilines is 1. The predicted octanol–water partition coefficient (Wildman–Crippen LogP) is 3.10. The van der Waals surface area contributed by atoms with E-state index in [9.17, 15) is 14.4 Å². The van der Waals surface area contributed by atoms with Crippen LogP contribution in [0, 0.1) is 5.92 Å². The Bertz CT molecular complexity index is 670. The van der Waals surface area contributed by atoms with Crippen molar-refractivity contribution >= 4 is 35.2 Å². The third kappa shape index (κ3) is 6.62. The van der Waals surface area contributed by atoms with Crippen molar-refractivity contribution in [2.45, 2.75) is 46.2 Å². The van der Waals surface area contributed by atoms with Crippen LogP contribution in [0.2, 0.25) is 5.02 Å². The topological polar surface area (TPSA) is 108 Å². The van der Waals surface area contributed by atoms with Crippen LogP contribution < -0.4 is 16.0 Å². The molecule has 0 saturated carbocycles. The first kappa shape index (κ1) is 20.8. The van der Waals surface area contributed by atoms with Crippen LogP contribution in [-0.4, -0.2) is 34.6 Å². The second kappa shape index (κ2) is 8.20. The Hall–Kier alpha value is -2.28. The van der Waals surface area contributed by atoms with Crippen LogP contribution in [0.3, 0.4) is 0 Å². The molecule has 2 unspecified atom stereocenters. The van der Waals surface area contributed by atoms with Crippen LogP contribution in [0.1, 0.15) is 45.0 Å². The molecule has 2 atom stereocenters. The maximum Gasteiger partial charge on any atom is 0.319 e. The van der Waals surface area contributed by atoms with Crippen molar-refractivity contribution in [1.29, 1.82) is 0 Å². The Labute approximate surface area is 152 Å². The Morgan fingerprint density at radius 2 is 1.76 bits per heavy atom. The molecule has 0 spiro atoms. The molecular weight excluding hydrogens is 346 g/mol. The van der Waals surface area contributed by atoms with E-state index >= 15 is 0 Å². The number of urea groups is 1. The zero-order valence-corrected chi connectivity index (χ0v) is 15.7. The number of aliphatic carboxylic acids is 1. The lowest BCUT2D eigenvalue weighted by Crippen LogP contribution is -2.43. The molecule has 0 radical (unpaired) electrons. The van der Waals surface area contributed by atoms with Crippen molar-refractivity contribution in [3.05, 3.63) is 28.8 Å². The molecule has 8 heteroatoms. The van der Waals surface area contributed by atoms with E-state index in [0.29, 0.717) is 5.69 Å². The maximum absolute atomic E-state index is 12.4. The fourth-order valence-corrected chi connectivity index (χ4v) is 2.11. The Kier molecular flexibility index (Phi) is 6.81. The second-order valence-electron chi connectivity index (χ2n) is 6.91. The predicted molar refractivity (Wildman–Crippen MR) is 97.1 cm³/mol. The van der Waals surface area contributed by atoms with Gasteiger partial charge in [0.25, 0.3) is 5.91 Å². The summed E-state index contributed by atoms with van der Waals surface area (Å²) in [6.07, 6.45) is 0. The minimum Gasteiger partial charge on any atom is -0.481 e. The van der Waals surface area contributed by atoms with E-state index in [2.05, 4.69) is 16.0 Å². The number of carbonyl (C=O) groups excluding carboxylic acids is 2. The summed E-state index contributed by atoms with van der Waals surface area (Å²) in [5, 5.41) is 17.2. The number of carboxylic acid groups (broad SMARTS) is 1. The Morgan fingerprint density at radius 1 is 1.16 bits per heavy atom. The van der Waals surface area contributed by atoms with E-state index in [1.54, 1.807) is 13.0 Å². The van der Waals surface area contributed by atoms with Gasteiger partial charge in [-0.3, -0.25) is 9.59 Å². The molecule has 1 rings (SSSR count). The van der Waals surface area contributed by atoms with E-state index in [-0.39, 0.29) is 10.6 Å². The number of amides is 3. The number of carboxylic acids is 1. The third-order valence-corrected chi connectivity index (χ3v) is 3.79. The van der Waals surface area contributed by atoms with E-state index in [0.717, 1.165) is 0 Å². The van der Waals surface area contributed by atoms with Gasteiger partial charge in [0.1, 0.15) is 0 Å². The number of carbonyl (C=O) groups is 3. The van der Waals surface area contributed by atoms with Gasteiger partial charge in [-0.05, 0) is 52.8 Å². The lowest BCUT2D eigenvalue weighted by Gasteiger charge is -2.21. The molecule has 1 aromatic carbocycles. The van der Waals surface area contributed by atoms with Gasteiger partial charge < -0.3 is 21.1 Å². The molecule has 4 N–H and O–H groups in total. The summed E-state index contributed by atoms with van der Waals surface area (Å²) in [6.45, 7) is 8.64. The highest BCUT2D eigenvalue weighted by Gasteiger charge is 2.23. The zero-order valence-electron chi connectivity index (χ0n) is 14.9. The minimum atomic E-state index is -1.01. The SMILES string of the molecule is CC(NC(=O)c1cc(NC(=O)NC(C)(C)C)ccc1Cl)C(C)C(=O)O. The Balaban J connectivity index is 2.88. The molecular formula is C17H24ClN3O4. The Morgan fingerprint density at radius 3 is 2.28 bits per heavy atom. The van der Waals surface area contributed by atoms with Crippen LogP contribution in [0.15, 0.2) is 18.2 Å². The van der Waals surface area contributed by atoms with Gasteiger partial charge in [-0.2, -0.15) is 0 Å². The minimum absolute atomic E-state index is 0.152. The van der Waals surface area contributed by atoms with Gasteiger partial charge in [-0.15, -0.1) is 0 Å². The molecule has 0 heterocycles. The monoisotopic (exact) mass is 369 g/mol. The van der Waals surface area contributed by atoms with E-state index < -0.39 is 35.4 Å². The highest BCUT2D eigenvalue weighted by molar-refractivity contribution is 6.34. The number of benzene rings is 1. The molecule has 0 bridgehead atoms. The lowest BCUT2D eigenvalue weighted by molar-refractivity contribution is -0.141. The summed E-state index contributed by atoms with van der Waals surface area (Å²) in [5.41, 5.74) is 0.147. The normalized spacial score (nSPS) is 13.5. The molecule has 0 aliphatic heterocycles. The maximum atomic E-state index is 12.4.